The van der Waals surface area contributed by atoms with E-state index in [1.165, 1.54) is 35.1 Å². The number of benzene rings is 2. The number of nitrogens with one attached hydrogen (secondary N) is 1. The van der Waals surface area contributed by atoms with E-state index in [0.29, 0.717) is 6.04 Å². The van der Waals surface area contributed by atoms with Gasteiger partial charge in [0.15, 0.2) is 0 Å². The number of likely N-dealkylation sites (N-methyl/N-ethyl adjacent to an activating group) is 1. The van der Waals surface area contributed by atoms with Gasteiger partial charge in [-0.2, -0.15) is 0 Å². The Morgan fingerprint density at radius 1 is 0.850 bits per heavy atom. The van der Waals surface area contributed by atoms with Crippen molar-refractivity contribution in [3.05, 3.63) is 59.7 Å². The van der Waals surface area contributed by atoms with E-state index in [0.717, 1.165) is 6.42 Å². The molecule has 1 atom stereocenters. The summed E-state index contributed by atoms with van der Waals surface area (Å²) in [5, 5.41) is 3.28. The van der Waals surface area contributed by atoms with Crippen molar-refractivity contribution >= 4 is 0 Å². The fraction of sp³-hybridized carbons (Fsp3) is 0.368. The molecule has 2 rings (SSSR count). The molecule has 106 valence electrons. The highest BCUT2D eigenvalue weighted by atomic mass is 14.8. The monoisotopic (exact) mass is 267 g/mol. The Kier molecular flexibility index (Phi) is 5.37. The van der Waals surface area contributed by atoms with Crippen LogP contribution in [0.25, 0.3) is 11.1 Å². The Balaban J connectivity index is 2.09. The van der Waals surface area contributed by atoms with E-state index < -0.39 is 0 Å². The lowest BCUT2D eigenvalue weighted by atomic mass is 9.99. The molecule has 0 saturated heterocycles. The number of hydrogen-bond donors (Lipinski definition) is 1. The maximum absolute atomic E-state index is 3.28. The average Bonchev–Trinajstić information content (AvgIpc) is 2.49. The second-order valence-electron chi connectivity index (χ2n) is 5.54. The predicted octanol–water partition coefficient (Wildman–Crippen LogP) is 4.46. The van der Waals surface area contributed by atoms with E-state index in [2.05, 4.69) is 67.7 Å². The van der Waals surface area contributed by atoms with Crippen LogP contribution in [0.1, 0.15) is 31.4 Å². The Bertz CT molecular complexity index is 510. The molecule has 0 spiro atoms. The van der Waals surface area contributed by atoms with Gasteiger partial charge in [-0.3, -0.25) is 0 Å². The van der Waals surface area contributed by atoms with Gasteiger partial charge in [-0.1, -0.05) is 61.9 Å². The topological polar surface area (TPSA) is 12.0 Å². The molecular weight excluding hydrogens is 242 g/mol. The highest BCUT2D eigenvalue weighted by Crippen LogP contribution is 2.21. The molecule has 0 aromatic heterocycles. The summed E-state index contributed by atoms with van der Waals surface area (Å²) >= 11 is 0. The van der Waals surface area contributed by atoms with Crippen LogP contribution >= 0.6 is 0 Å². The quantitative estimate of drug-likeness (QED) is 0.815. The summed E-state index contributed by atoms with van der Waals surface area (Å²) in [6.07, 6.45) is 3.45. The third-order valence-electron chi connectivity index (χ3n) is 3.81. The lowest BCUT2D eigenvalue weighted by Crippen LogP contribution is -2.23. The van der Waals surface area contributed by atoms with Crippen LogP contribution in [0.3, 0.4) is 0 Å². The Morgan fingerprint density at radius 2 is 1.35 bits per heavy atom. The van der Waals surface area contributed by atoms with Crippen LogP contribution in [-0.4, -0.2) is 13.1 Å². The van der Waals surface area contributed by atoms with Crippen molar-refractivity contribution in [1.82, 2.24) is 5.32 Å². The summed E-state index contributed by atoms with van der Waals surface area (Å²) < 4.78 is 0. The van der Waals surface area contributed by atoms with Crippen molar-refractivity contribution < 1.29 is 0 Å². The standard InChI is InChI=1S/C19H25N/c1-4-5-16-6-10-18(11-7-16)19-12-8-17(9-13-19)14-15(2)20-3/h6-13,15,20H,4-5,14H2,1-3H3. The summed E-state index contributed by atoms with van der Waals surface area (Å²) in [5.74, 6) is 0. The molecule has 0 saturated carbocycles. The molecule has 1 heteroatoms. The second-order valence-corrected chi connectivity index (χ2v) is 5.54. The van der Waals surface area contributed by atoms with Crippen LogP contribution in [0.4, 0.5) is 0 Å². The molecular formula is C19H25N. The Morgan fingerprint density at radius 3 is 1.80 bits per heavy atom. The molecule has 1 unspecified atom stereocenters. The van der Waals surface area contributed by atoms with Crippen molar-refractivity contribution in [2.75, 3.05) is 7.05 Å². The molecule has 0 amide bonds. The van der Waals surface area contributed by atoms with Gasteiger partial charge in [-0.05, 0) is 49.1 Å². The summed E-state index contributed by atoms with van der Waals surface area (Å²) in [6, 6.07) is 18.4. The van der Waals surface area contributed by atoms with E-state index >= 15 is 0 Å². The molecule has 0 aliphatic rings. The smallest absolute Gasteiger partial charge is 0.00761 e. The zero-order valence-electron chi connectivity index (χ0n) is 12.8. The van der Waals surface area contributed by atoms with Gasteiger partial charge in [-0.15, -0.1) is 0 Å². The fourth-order valence-corrected chi connectivity index (χ4v) is 2.44. The van der Waals surface area contributed by atoms with Gasteiger partial charge in [0, 0.05) is 6.04 Å². The van der Waals surface area contributed by atoms with E-state index in [1.54, 1.807) is 0 Å². The van der Waals surface area contributed by atoms with Crippen molar-refractivity contribution in [2.24, 2.45) is 0 Å². The minimum Gasteiger partial charge on any atom is -0.317 e. The molecule has 2 aromatic carbocycles. The van der Waals surface area contributed by atoms with Crippen LogP contribution in [-0.2, 0) is 12.8 Å². The van der Waals surface area contributed by atoms with Gasteiger partial charge in [0.05, 0.1) is 0 Å². The minimum atomic E-state index is 0.522. The molecule has 0 aliphatic carbocycles. The average molecular weight is 267 g/mol. The van der Waals surface area contributed by atoms with Crippen LogP contribution in [0.2, 0.25) is 0 Å². The molecule has 0 bridgehead atoms. The van der Waals surface area contributed by atoms with E-state index in [-0.39, 0.29) is 0 Å². The Hall–Kier alpha value is -1.60. The van der Waals surface area contributed by atoms with Gasteiger partial charge in [0.1, 0.15) is 0 Å². The first-order valence-electron chi connectivity index (χ1n) is 7.58. The summed E-state index contributed by atoms with van der Waals surface area (Å²) in [6.45, 7) is 4.43. The zero-order valence-corrected chi connectivity index (χ0v) is 12.8. The maximum Gasteiger partial charge on any atom is 0.00761 e. The summed E-state index contributed by atoms with van der Waals surface area (Å²) in [7, 11) is 2.01. The van der Waals surface area contributed by atoms with Gasteiger partial charge in [0.25, 0.3) is 0 Å². The number of hydrogen-bond acceptors (Lipinski definition) is 1. The molecule has 1 N–H and O–H groups in total. The van der Waals surface area contributed by atoms with Crippen LogP contribution in [0, 0.1) is 0 Å². The summed E-state index contributed by atoms with van der Waals surface area (Å²) in [4.78, 5) is 0. The van der Waals surface area contributed by atoms with Gasteiger partial charge < -0.3 is 5.32 Å². The molecule has 0 heterocycles. The predicted molar refractivity (Wildman–Crippen MR) is 88.1 cm³/mol. The minimum absolute atomic E-state index is 0.522. The first kappa shape index (κ1) is 14.8. The van der Waals surface area contributed by atoms with Gasteiger partial charge >= 0.3 is 0 Å². The third kappa shape index (κ3) is 3.94. The fourth-order valence-electron chi connectivity index (χ4n) is 2.44. The molecule has 1 nitrogen and oxygen atoms in total. The van der Waals surface area contributed by atoms with Crippen molar-refractivity contribution in [1.29, 1.82) is 0 Å². The number of rotatable bonds is 6. The first-order valence-corrected chi connectivity index (χ1v) is 7.58. The van der Waals surface area contributed by atoms with Gasteiger partial charge in [0.2, 0.25) is 0 Å². The van der Waals surface area contributed by atoms with E-state index in [4.69, 9.17) is 0 Å². The first-order chi connectivity index (χ1) is 9.72. The van der Waals surface area contributed by atoms with Gasteiger partial charge in [-0.25, -0.2) is 0 Å². The highest BCUT2D eigenvalue weighted by molar-refractivity contribution is 5.64. The molecule has 0 aliphatic heterocycles. The third-order valence-corrected chi connectivity index (χ3v) is 3.81. The Labute approximate surface area is 123 Å². The number of aryl methyl sites for hydroxylation is 1. The largest absolute Gasteiger partial charge is 0.317 e. The summed E-state index contributed by atoms with van der Waals surface area (Å²) in [5.41, 5.74) is 5.42. The zero-order chi connectivity index (χ0) is 14.4. The van der Waals surface area contributed by atoms with Crippen LogP contribution in [0.15, 0.2) is 48.5 Å². The normalized spacial score (nSPS) is 12.3. The maximum atomic E-state index is 3.28. The van der Waals surface area contributed by atoms with Crippen LogP contribution in [0.5, 0.6) is 0 Å². The van der Waals surface area contributed by atoms with E-state index in [1.807, 2.05) is 7.05 Å². The van der Waals surface area contributed by atoms with E-state index in [9.17, 15) is 0 Å². The van der Waals surface area contributed by atoms with Crippen LogP contribution < -0.4 is 5.32 Å². The highest BCUT2D eigenvalue weighted by Gasteiger charge is 2.02. The molecule has 0 radical (unpaired) electrons. The second kappa shape index (κ2) is 7.25. The van der Waals surface area contributed by atoms with Crippen molar-refractivity contribution in [3.8, 4) is 11.1 Å². The molecule has 20 heavy (non-hydrogen) atoms. The SMILES string of the molecule is CCCc1ccc(-c2ccc(CC(C)NC)cc2)cc1. The lowest BCUT2D eigenvalue weighted by Gasteiger charge is -2.10. The molecule has 2 aromatic rings. The van der Waals surface area contributed by atoms with Crippen molar-refractivity contribution in [3.63, 3.8) is 0 Å². The lowest BCUT2D eigenvalue weighted by molar-refractivity contribution is 0.608. The molecule has 0 fully saturated rings. The van der Waals surface area contributed by atoms with Crippen molar-refractivity contribution in [2.45, 2.75) is 39.2 Å².